The number of hydrogen-bond donors (Lipinski definition) is 0. The van der Waals surface area contributed by atoms with E-state index < -0.39 is 0 Å². The lowest BCUT2D eigenvalue weighted by molar-refractivity contribution is -0.140. The summed E-state index contributed by atoms with van der Waals surface area (Å²) in [6, 6.07) is 7.47. The van der Waals surface area contributed by atoms with Gasteiger partial charge in [-0.2, -0.15) is 0 Å². The van der Waals surface area contributed by atoms with Gasteiger partial charge in [-0.1, -0.05) is 23.7 Å². The summed E-state index contributed by atoms with van der Waals surface area (Å²) in [6.07, 6.45) is 0.687. The number of para-hydroxylation sites is 2. The number of halogens is 1. The van der Waals surface area contributed by atoms with Crippen LogP contribution in [0.1, 0.15) is 12.1 Å². The maximum atomic E-state index is 11.0. The zero-order valence-corrected chi connectivity index (χ0v) is 10.1. The molecule has 0 amide bonds. The van der Waals surface area contributed by atoms with E-state index in [-0.39, 0.29) is 12.4 Å². The number of carbonyl (C=O) groups excluding carboxylic acids is 1. The third-order valence-corrected chi connectivity index (χ3v) is 2.69. The van der Waals surface area contributed by atoms with Crippen molar-refractivity contribution in [1.82, 2.24) is 9.97 Å². The Kier molecular flexibility index (Phi) is 3.54. The van der Waals surface area contributed by atoms with Gasteiger partial charge in [0.1, 0.15) is 0 Å². The minimum atomic E-state index is -0.281. The number of hydrogen-bond acceptors (Lipinski definition) is 4. The van der Waals surface area contributed by atoms with Crippen LogP contribution in [-0.2, 0) is 16.0 Å². The molecule has 0 aliphatic rings. The summed E-state index contributed by atoms with van der Waals surface area (Å²) in [7, 11) is 1.36. The lowest BCUT2D eigenvalue weighted by Crippen LogP contribution is -2.04. The Bertz CT molecular complexity index is 557. The Morgan fingerprint density at radius 2 is 1.94 bits per heavy atom. The summed E-state index contributed by atoms with van der Waals surface area (Å²) in [5, 5.41) is 0.340. The van der Waals surface area contributed by atoms with Crippen LogP contribution in [0.5, 0.6) is 0 Å². The molecule has 0 aliphatic heterocycles. The van der Waals surface area contributed by atoms with Gasteiger partial charge in [0, 0.05) is 6.42 Å². The molecule has 0 spiro atoms. The van der Waals surface area contributed by atoms with E-state index in [9.17, 15) is 4.79 Å². The van der Waals surface area contributed by atoms with Gasteiger partial charge in [-0.15, -0.1) is 0 Å². The van der Waals surface area contributed by atoms with E-state index in [0.717, 1.165) is 11.0 Å². The summed E-state index contributed by atoms with van der Waals surface area (Å²) in [4.78, 5) is 19.7. The number of benzene rings is 1. The minimum absolute atomic E-state index is 0.253. The summed E-state index contributed by atoms with van der Waals surface area (Å²) in [5.41, 5.74) is 2.15. The number of nitrogens with zero attached hydrogens (tertiary/aromatic N) is 2. The number of esters is 1. The van der Waals surface area contributed by atoms with E-state index in [1.165, 1.54) is 7.11 Å². The maximum absolute atomic E-state index is 11.0. The van der Waals surface area contributed by atoms with E-state index in [4.69, 9.17) is 11.6 Å². The molecule has 1 heterocycles. The molecule has 0 aliphatic carbocycles. The van der Waals surface area contributed by atoms with E-state index in [0.29, 0.717) is 17.3 Å². The molecule has 17 heavy (non-hydrogen) atoms. The SMILES string of the molecule is COC(=O)CCc1nc2ccccc2nc1Cl. The number of aromatic nitrogens is 2. The first-order valence-corrected chi connectivity index (χ1v) is 5.56. The first kappa shape index (κ1) is 11.8. The van der Waals surface area contributed by atoms with Gasteiger partial charge in [-0.25, -0.2) is 9.97 Å². The van der Waals surface area contributed by atoms with Gasteiger partial charge in [0.15, 0.2) is 5.15 Å². The van der Waals surface area contributed by atoms with Gasteiger partial charge in [-0.3, -0.25) is 4.79 Å². The highest BCUT2D eigenvalue weighted by Crippen LogP contribution is 2.18. The van der Waals surface area contributed by atoms with Crippen molar-refractivity contribution in [3.05, 3.63) is 35.1 Å². The lowest BCUT2D eigenvalue weighted by Gasteiger charge is -2.04. The zero-order chi connectivity index (χ0) is 12.3. The normalized spacial score (nSPS) is 10.5. The zero-order valence-electron chi connectivity index (χ0n) is 9.31. The molecule has 0 saturated carbocycles. The van der Waals surface area contributed by atoms with E-state index in [2.05, 4.69) is 14.7 Å². The molecule has 5 heteroatoms. The largest absolute Gasteiger partial charge is 0.469 e. The molecule has 2 rings (SSSR count). The second-order valence-corrected chi connectivity index (χ2v) is 3.88. The predicted molar refractivity (Wildman–Crippen MR) is 64.9 cm³/mol. The molecule has 88 valence electrons. The standard InChI is InChI=1S/C12H11ClN2O2/c1-17-11(16)7-6-10-12(13)15-9-5-3-2-4-8(9)14-10/h2-5H,6-7H2,1H3. The van der Waals surface area contributed by atoms with E-state index in [1.54, 1.807) is 0 Å². The lowest BCUT2D eigenvalue weighted by atomic mass is 10.2. The highest BCUT2D eigenvalue weighted by molar-refractivity contribution is 6.30. The number of carbonyl (C=O) groups is 1. The molecule has 0 atom stereocenters. The third kappa shape index (κ3) is 2.71. The average molecular weight is 251 g/mol. The van der Waals surface area contributed by atoms with Crippen LogP contribution in [0.2, 0.25) is 5.15 Å². The van der Waals surface area contributed by atoms with Crippen LogP contribution >= 0.6 is 11.6 Å². The first-order chi connectivity index (χ1) is 8.20. The molecule has 0 N–H and O–H groups in total. The van der Waals surface area contributed by atoms with Crippen molar-refractivity contribution in [3.8, 4) is 0 Å². The highest BCUT2D eigenvalue weighted by Gasteiger charge is 2.09. The molecule has 0 radical (unpaired) electrons. The van der Waals surface area contributed by atoms with E-state index in [1.807, 2.05) is 24.3 Å². The quantitative estimate of drug-likeness (QED) is 0.785. The Labute approximate surface area is 104 Å². The summed E-state index contributed by atoms with van der Waals surface area (Å²) in [5.74, 6) is -0.281. The Hall–Kier alpha value is -1.68. The van der Waals surface area contributed by atoms with Gasteiger partial charge < -0.3 is 4.74 Å². The fourth-order valence-corrected chi connectivity index (χ4v) is 1.72. The van der Waals surface area contributed by atoms with Crippen LogP contribution in [-0.4, -0.2) is 23.0 Å². The van der Waals surface area contributed by atoms with Crippen molar-refractivity contribution in [2.45, 2.75) is 12.8 Å². The first-order valence-electron chi connectivity index (χ1n) is 5.18. The third-order valence-electron chi connectivity index (χ3n) is 2.39. The smallest absolute Gasteiger partial charge is 0.305 e. The van der Waals surface area contributed by atoms with Crippen LogP contribution in [0.15, 0.2) is 24.3 Å². The van der Waals surface area contributed by atoms with E-state index >= 15 is 0 Å². The molecular weight excluding hydrogens is 240 g/mol. The number of aryl methyl sites for hydroxylation is 1. The number of ether oxygens (including phenoxy) is 1. The second kappa shape index (κ2) is 5.10. The van der Waals surface area contributed by atoms with Crippen LogP contribution < -0.4 is 0 Å². The molecule has 0 saturated heterocycles. The van der Waals surface area contributed by atoms with Crippen molar-refractivity contribution >= 4 is 28.6 Å². The van der Waals surface area contributed by atoms with Crippen molar-refractivity contribution < 1.29 is 9.53 Å². The highest BCUT2D eigenvalue weighted by atomic mass is 35.5. The number of rotatable bonds is 3. The van der Waals surface area contributed by atoms with Crippen LogP contribution in [0.4, 0.5) is 0 Å². The van der Waals surface area contributed by atoms with Crippen LogP contribution in [0.3, 0.4) is 0 Å². The molecule has 1 aromatic carbocycles. The van der Waals surface area contributed by atoms with Gasteiger partial charge >= 0.3 is 5.97 Å². The summed E-state index contributed by atoms with van der Waals surface area (Å²) >= 11 is 6.00. The Morgan fingerprint density at radius 3 is 2.59 bits per heavy atom. The van der Waals surface area contributed by atoms with Gasteiger partial charge in [-0.05, 0) is 12.1 Å². The van der Waals surface area contributed by atoms with Crippen molar-refractivity contribution in [1.29, 1.82) is 0 Å². The van der Waals surface area contributed by atoms with Crippen LogP contribution in [0.25, 0.3) is 11.0 Å². The summed E-state index contributed by atoms with van der Waals surface area (Å²) in [6.45, 7) is 0. The van der Waals surface area contributed by atoms with Crippen molar-refractivity contribution in [3.63, 3.8) is 0 Å². The predicted octanol–water partition coefficient (Wildman–Crippen LogP) is 2.39. The molecule has 1 aromatic heterocycles. The molecule has 4 nitrogen and oxygen atoms in total. The fourth-order valence-electron chi connectivity index (χ4n) is 1.50. The molecule has 0 fully saturated rings. The fraction of sp³-hybridized carbons (Fsp3) is 0.250. The van der Waals surface area contributed by atoms with Gasteiger partial charge in [0.25, 0.3) is 0 Å². The van der Waals surface area contributed by atoms with Crippen molar-refractivity contribution in [2.24, 2.45) is 0 Å². The topological polar surface area (TPSA) is 52.1 Å². The molecule has 0 bridgehead atoms. The molecule has 2 aromatic rings. The summed E-state index contributed by atoms with van der Waals surface area (Å²) < 4.78 is 4.57. The Morgan fingerprint density at radius 1 is 1.29 bits per heavy atom. The van der Waals surface area contributed by atoms with Gasteiger partial charge in [0.2, 0.25) is 0 Å². The molecular formula is C12H11ClN2O2. The average Bonchev–Trinajstić information content (AvgIpc) is 2.35. The maximum Gasteiger partial charge on any atom is 0.305 e. The van der Waals surface area contributed by atoms with Crippen LogP contribution in [0, 0.1) is 0 Å². The van der Waals surface area contributed by atoms with Gasteiger partial charge in [0.05, 0.1) is 30.3 Å². The minimum Gasteiger partial charge on any atom is -0.469 e. The van der Waals surface area contributed by atoms with Crippen molar-refractivity contribution in [2.75, 3.05) is 7.11 Å². The molecule has 0 unspecified atom stereocenters. The number of methoxy groups -OCH3 is 1. The Balaban J connectivity index is 2.28. The monoisotopic (exact) mass is 250 g/mol. The second-order valence-electron chi connectivity index (χ2n) is 3.53. The number of fused-ring (bicyclic) bond motifs is 1.